The molecule has 0 aliphatic carbocycles. The number of fused-ring (bicyclic) bond motifs is 1. The van der Waals surface area contributed by atoms with E-state index >= 15 is 0 Å². The second-order valence-corrected chi connectivity index (χ2v) is 6.23. The number of benzene rings is 1. The van der Waals surface area contributed by atoms with Gasteiger partial charge in [0.1, 0.15) is 0 Å². The van der Waals surface area contributed by atoms with E-state index in [1.54, 1.807) is 0 Å². The molecule has 2 aromatic rings. The Labute approximate surface area is 127 Å². The van der Waals surface area contributed by atoms with Gasteiger partial charge in [-0.25, -0.2) is 0 Å². The molecule has 1 saturated heterocycles. The number of para-hydroxylation sites is 1. The number of rotatable bonds is 3. The Hall–Kier alpha value is -1.61. The molecule has 1 N–H and O–H groups in total. The largest absolute Gasteiger partial charge is 0.368 e. The van der Waals surface area contributed by atoms with Gasteiger partial charge in [-0.3, -0.25) is 4.98 Å². The quantitative estimate of drug-likeness (QED) is 0.933. The maximum Gasteiger partial charge on any atom is 0.0726 e. The lowest BCUT2D eigenvalue weighted by atomic mass is 9.91. The van der Waals surface area contributed by atoms with E-state index in [0.29, 0.717) is 6.04 Å². The minimum atomic E-state index is 0.590. The van der Waals surface area contributed by atoms with E-state index in [4.69, 9.17) is 4.98 Å². The number of anilines is 1. The van der Waals surface area contributed by atoms with Crippen LogP contribution in [0.5, 0.6) is 0 Å². The molecule has 21 heavy (non-hydrogen) atoms. The standard InChI is InChI=1S/C18H25N3/c1-13-7-6-10-21(14(13)2)18-11-15(12-19-3)20-17-9-5-4-8-16(17)18/h4-5,8-9,11,13-14,19H,6-7,10,12H2,1-3H3. The number of pyridine rings is 1. The van der Waals surface area contributed by atoms with Crippen LogP contribution in [0.15, 0.2) is 30.3 Å². The molecule has 2 unspecified atom stereocenters. The Bertz CT molecular complexity index is 623. The molecule has 1 aliphatic heterocycles. The zero-order valence-corrected chi connectivity index (χ0v) is 13.3. The van der Waals surface area contributed by atoms with Crippen molar-refractivity contribution in [2.45, 2.75) is 39.3 Å². The molecule has 1 aromatic carbocycles. The molecule has 3 heteroatoms. The smallest absolute Gasteiger partial charge is 0.0726 e. The third-order valence-electron chi connectivity index (χ3n) is 4.79. The van der Waals surface area contributed by atoms with Crippen molar-refractivity contribution in [3.05, 3.63) is 36.0 Å². The van der Waals surface area contributed by atoms with Crippen molar-refractivity contribution in [2.24, 2.45) is 5.92 Å². The molecule has 0 amide bonds. The van der Waals surface area contributed by atoms with E-state index in [9.17, 15) is 0 Å². The van der Waals surface area contributed by atoms with Gasteiger partial charge in [0, 0.05) is 30.2 Å². The molecule has 3 rings (SSSR count). The molecule has 3 nitrogen and oxygen atoms in total. The fourth-order valence-corrected chi connectivity index (χ4v) is 3.40. The second-order valence-electron chi connectivity index (χ2n) is 6.23. The molecule has 2 heterocycles. The third-order valence-corrected chi connectivity index (χ3v) is 4.79. The topological polar surface area (TPSA) is 28.2 Å². The van der Waals surface area contributed by atoms with Gasteiger partial charge in [-0.2, -0.15) is 0 Å². The summed E-state index contributed by atoms with van der Waals surface area (Å²) in [4.78, 5) is 7.36. The Kier molecular flexibility index (Phi) is 4.11. The highest BCUT2D eigenvalue weighted by molar-refractivity contribution is 5.92. The average Bonchev–Trinajstić information content (AvgIpc) is 2.50. The Morgan fingerprint density at radius 1 is 1.29 bits per heavy atom. The van der Waals surface area contributed by atoms with Crippen LogP contribution in [0, 0.1) is 5.92 Å². The fourth-order valence-electron chi connectivity index (χ4n) is 3.40. The molecule has 0 bridgehead atoms. The van der Waals surface area contributed by atoms with Gasteiger partial charge in [-0.05, 0) is 44.9 Å². The summed E-state index contributed by atoms with van der Waals surface area (Å²) in [5.74, 6) is 0.749. The third kappa shape index (κ3) is 2.75. The molecule has 0 saturated carbocycles. The van der Waals surface area contributed by atoms with Crippen LogP contribution in [0.2, 0.25) is 0 Å². The summed E-state index contributed by atoms with van der Waals surface area (Å²) in [6, 6.07) is 11.4. The molecular weight excluding hydrogens is 258 g/mol. The van der Waals surface area contributed by atoms with Crippen LogP contribution in [0.3, 0.4) is 0 Å². The minimum Gasteiger partial charge on any atom is -0.368 e. The summed E-state index contributed by atoms with van der Waals surface area (Å²) in [5.41, 5.74) is 3.58. The zero-order chi connectivity index (χ0) is 14.8. The lowest BCUT2D eigenvalue weighted by molar-refractivity contribution is 0.364. The fraction of sp³-hybridized carbons (Fsp3) is 0.500. The number of nitrogens with one attached hydrogen (secondary N) is 1. The Balaban J connectivity index is 2.10. The first-order chi connectivity index (χ1) is 10.2. The molecule has 0 radical (unpaired) electrons. The van der Waals surface area contributed by atoms with Crippen molar-refractivity contribution < 1.29 is 0 Å². The number of hydrogen-bond donors (Lipinski definition) is 1. The van der Waals surface area contributed by atoms with Crippen LogP contribution in [0.1, 0.15) is 32.4 Å². The SMILES string of the molecule is CNCc1cc(N2CCCC(C)C2C)c2ccccc2n1. The minimum absolute atomic E-state index is 0.590. The Morgan fingerprint density at radius 2 is 2.10 bits per heavy atom. The number of aromatic nitrogens is 1. The van der Waals surface area contributed by atoms with Gasteiger partial charge in [-0.1, -0.05) is 25.1 Å². The summed E-state index contributed by atoms with van der Waals surface area (Å²) < 4.78 is 0. The van der Waals surface area contributed by atoms with Gasteiger partial charge in [0.25, 0.3) is 0 Å². The van der Waals surface area contributed by atoms with Crippen LogP contribution in [0.4, 0.5) is 5.69 Å². The number of hydrogen-bond acceptors (Lipinski definition) is 3. The van der Waals surface area contributed by atoms with Gasteiger partial charge in [-0.15, -0.1) is 0 Å². The first kappa shape index (κ1) is 14.3. The number of nitrogens with zero attached hydrogens (tertiary/aromatic N) is 2. The summed E-state index contributed by atoms with van der Waals surface area (Å²) in [5, 5.41) is 4.49. The molecular formula is C18H25N3. The number of piperidine rings is 1. The first-order valence-corrected chi connectivity index (χ1v) is 8.00. The molecule has 1 aliphatic rings. The van der Waals surface area contributed by atoms with Crippen LogP contribution in [-0.4, -0.2) is 24.6 Å². The van der Waals surface area contributed by atoms with Gasteiger partial charge < -0.3 is 10.2 Å². The van der Waals surface area contributed by atoms with E-state index in [0.717, 1.165) is 30.2 Å². The summed E-state index contributed by atoms with van der Waals surface area (Å²) in [6.07, 6.45) is 2.62. The average molecular weight is 283 g/mol. The lowest BCUT2D eigenvalue weighted by Gasteiger charge is -2.40. The Morgan fingerprint density at radius 3 is 2.90 bits per heavy atom. The van der Waals surface area contributed by atoms with Crippen LogP contribution in [-0.2, 0) is 6.54 Å². The lowest BCUT2D eigenvalue weighted by Crippen LogP contribution is -2.42. The normalized spacial score (nSPS) is 22.7. The van der Waals surface area contributed by atoms with Crippen molar-refractivity contribution in [2.75, 3.05) is 18.5 Å². The summed E-state index contributed by atoms with van der Waals surface area (Å²) >= 11 is 0. The summed E-state index contributed by atoms with van der Waals surface area (Å²) in [6.45, 7) is 6.69. The van der Waals surface area contributed by atoms with Crippen molar-refractivity contribution in [1.82, 2.24) is 10.3 Å². The molecule has 1 fully saturated rings. The highest BCUT2D eigenvalue weighted by atomic mass is 15.2. The highest BCUT2D eigenvalue weighted by Gasteiger charge is 2.26. The van der Waals surface area contributed by atoms with Crippen molar-refractivity contribution >= 4 is 16.6 Å². The first-order valence-electron chi connectivity index (χ1n) is 8.00. The van der Waals surface area contributed by atoms with Crippen LogP contribution in [0.25, 0.3) is 10.9 Å². The molecule has 112 valence electrons. The van der Waals surface area contributed by atoms with E-state index < -0.39 is 0 Å². The predicted molar refractivity (Wildman–Crippen MR) is 89.7 cm³/mol. The summed E-state index contributed by atoms with van der Waals surface area (Å²) in [7, 11) is 1.97. The van der Waals surface area contributed by atoms with Gasteiger partial charge in [0.2, 0.25) is 0 Å². The van der Waals surface area contributed by atoms with Crippen molar-refractivity contribution in [3.8, 4) is 0 Å². The van der Waals surface area contributed by atoms with Crippen molar-refractivity contribution in [1.29, 1.82) is 0 Å². The molecule has 2 atom stereocenters. The highest BCUT2D eigenvalue weighted by Crippen LogP contribution is 2.33. The molecule has 1 aromatic heterocycles. The van der Waals surface area contributed by atoms with E-state index in [-0.39, 0.29) is 0 Å². The van der Waals surface area contributed by atoms with E-state index in [2.05, 4.69) is 54.4 Å². The van der Waals surface area contributed by atoms with Gasteiger partial charge in [0.15, 0.2) is 0 Å². The van der Waals surface area contributed by atoms with Crippen LogP contribution < -0.4 is 10.2 Å². The van der Waals surface area contributed by atoms with E-state index in [1.165, 1.54) is 23.9 Å². The van der Waals surface area contributed by atoms with E-state index in [1.807, 2.05) is 7.05 Å². The monoisotopic (exact) mass is 283 g/mol. The predicted octanol–water partition coefficient (Wildman–Crippen LogP) is 3.58. The van der Waals surface area contributed by atoms with Crippen LogP contribution >= 0.6 is 0 Å². The molecule has 0 spiro atoms. The maximum absolute atomic E-state index is 4.78. The van der Waals surface area contributed by atoms with Crippen molar-refractivity contribution in [3.63, 3.8) is 0 Å². The van der Waals surface area contributed by atoms with Gasteiger partial charge >= 0.3 is 0 Å². The second kappa shape index (κ2) is 6.02. The zero-order valence-electron chi connectivity index (χ0n) is 13.3. The maximum atomic E-state index is 4.78. The van der Waals surface area contributed by atoms with Gasteiger partial charge in [0.05, 0.1) is 11.2 Å².